The fourth-order valence-corrected chi connectivity index (χ4v) is 2.78. The van der Waals surface area contributed by atoms with Crippen LogP contribution in [0.25, 0.3) is 0 Å². The van der Waals surface area contributed by atoms with Crippen molar-refractivity contribution in [2.24, 2.45) is 0 Å². The second-order valence-electron chi connectivity index (χ2n) is 4.03. The van der Waals surface area contributed by atoms with Crippen LogP contribution in [0.15, 0.2) is 39.5 Å². The molecule has 0 saturated heterocycles. The van der Waals surface area contributed by atoms with E-state index in [0.29, 0.717) is 16.8 Å². The Kier molecular flexibility index (Phi) is 5.14. The summed E-state index contributed by atoms with van der Waals surface area (Å²) in [6, 6.07) is 8.49. The Labute approximate surface area is 134 Å². The van der Waals surface area contributed by atoms with E-state index in [2.05, 4.69) is 32.5 Å². The molecule has 0 atom stereocenters. The number of rotatable bonds is 4. The van der Waals surface area contributed by atoms with Crippen LogP contribution < -0.4 is 10.6 Å². The number of carbonyl (C=O) groups excluding carboxylic acids is 2. The predicted molar refractivity (Wildman–Crippen MR) is 87.6 cm³/mol. The van der Waals surface area contributed by atoms with Crippen molar-refractivity contribution in [3.63, 3.8) is 0 Å². The highest BCUT2D eigenvalue weighted by molar-refractivity contribution is 9.11. The average Bonchev–Trinajstić information content (AvgIpc) is 2.92. The highest BCUT2D eigenvalue weighted by atomic mass is 79.9. The number of benzene rings is 1. The third-order valence-corrected chi connectivity index (χ3v) is 4.11. The van der Waals surface area contributed by atoms with Crippen LogP contribution >= 0.6 is 27.3 Å². The van der Waals surface area contributed by atoms with Crippen LogP contribution in [0.3, 0.4) is 0 Å². The van der Waals surface area contributed by atoms with Gasteiger partial charge < -0.3 is 10.6 Å². The van der Waals surface area contributed by atoms with E-state index in [1.54, 1.807) is 35.7 Å². The fourth-order valence-electron chi connectivity index (χ4n) is 1.64. The summed E-state index contributed by atoms with van der Waals surface area (Å²) in [5.41, 5.74) is 1.35. The lowest BCUT2D eigenvalue weighted by Gasteiger charge is -2.10. The molecule has 21 heavy (non-hydrogen) atoms. The topological polar surface area (TPSA) is 58.2 Å². The summed E-state index contributed by atoms with van der Waals surface area (Å²) >= 11 is 4.73. The zero-order valence-corrected chi connectivity index (χ0v) is 13.3. The third kappa shape index (κ3) is 3.94. The Morgan fingerprint density at radius 2 is 2.05 bits per heavy atom. The molecule has 0 bridgehead atoms. The molecule has 0 aliphatic heterocycles. The SMILES string of the molecule is C#CCNC(=O)c1ccccc1NC(=O)c1csc(Br)c1. The Hall–Kier alpha value is -2.10. The summed E-state index contributed by atoms with van der Waals surface area (Å²) in [4.78, 5) is 24.1. The van der Waals surface area contributed by atoms with Crippen LogP contribution in [0.1, 0.15) is 20.7 Å². The maximum Gasteiger partial charge on any atom is 0.256 e. The molecule has 0 aliphatic carbocycles. The van der Waals surface area contributed by atoms with Crippen LogP contribution in [0.4, 0.5) is 5.69 Å². The van der Waals surface area contributed by atoms with Crippen molar-refractivity contribution >= 4 is 44.8 Å². The Bertz CT molecular complexity index is 718. The Balaban J connectivity index is 2.19. The van der Waals surface area contributed by atoms with E-state index in [4.69, 9.17) is 6.42 Å². The first kappa shape index (κ1) is 15.3. The lowest BCUT2D eigenvalue weighted by Crippen LogP contribution is -2.25. The smallest absolute Gasteiger partial charge is 0.256 e. The number of para-hydroxylation sites is 1. The number of anilines is 1. The van der Waals surface area contributed by atoms with E-state index >= 15 is 0 Å². The number of nitrogens with one attached hydrogen (secondary N) is 2. The summed E-state index contributed by atoms with van der Waals surface area (Å²) in [5, 5.41) is 7.04. The maximum absolute atomic E-state index is 12.1. The van der Waals surface area contributed by atoms with E-state index in [-0.39, 0.29) is 18.4 Å². The van der Waals surface area contributed by atoms with Crippen molar-refractivity contribution in [1.82, 2.24) is 5.32 Å². The van der Waals surface area contributed by atoms with Crippen LogP contribution in [0, 0.1) is 12.3 Å². The molecule has 4 nitrogen and oxygen atoms in total. The lowest BCUT2D eigenvalue weighted by atomic mass is 10.1. The van der Waals surface area contributed by atoms with E-state index in [9.17, 15) is 9.59 Å². The second kappa shape index (κ2) is 7.07. The molecule has 2 N–H and O–H groups in total. The van der Waals surface area contributed by atoms with Gasteiger partial charge in [-0.3, -0.25) is 9.59 Å². The fraction of sp³-hybridized carbons (Fsp3) is 0.0667. The van der Waals surface area contributed by atoms with Gasteiger partial charge in [0.05, 0.1) is 27.1 Å². The van der Waals surface area contributed by atoms with E-state index < -0.39 is 0 Å². The summed E-state index contributed by atoms with van der Waals surface area (Å²) in [5.74, 6) is 1.74. The summed E-state index contributed by atoms with van der Waals surface area (Å²) < 4.78 is 0.868. The van der Waals surface area contributed by atoms with E-state index in [1.807, 2.05) is 0 Å². The van der Waals surface area contributed by atoms with Gasteiger partial charge in [0.25, 0.3) is 11.8 Å². The summed E-state index contributed by atoms with van der Waals surface area (Å²) in [6.45, 7) is 0.137. The van der Waals surface area contributed by atoms with Crippen molar-refractivity contribution in [3.8, 4) is 12.3 Å². The molecule has 2 aromatic rings. The van der Waals surface area contributed by atoms with Gasteiger partial charge in [-0.1, -0.05) is 18.1 Å². The van der Waals surface area contributed by atoms with Crippen molar-refractivity contribution in [2.75, 3.05) is 11.9 Å². The first-order valence-corrected chi connectivity index (χ1v) is 7.65. The Morgan fingerprint density at radius 1 is 1.29 bits per heavy atom. The molecule has 2 amide bonds. The minimum Gasteiger partial charge on any atom is -0.341 e. The molecular weight excluding hydrogens is 352 g/mol. The van der Waals surface area contributed by atoms with Gasteiger partial charge in [0.15, 0.2) is 0 Å². The molecule has 0 unspecified atom stereocenters. The zero-order valence-electron chi connectivity index (χ0n) is 10.9. The van der Waals surface area contributed by atoms with Gasteiger partial charge in [0, 0.05) is 5.38 Å². The molecule has 106 valence electrons. The molecule has 0 saturated carbocycles. The van der Waals surface area contributed by atoms with Crippen molar-refractivity contribution in [3.05, 3.63) is 50.6 Å². The molecule has 1 aromatic carbocycles. The average molecular weight is 363 g/mol. The number of halogens is 1. The normalized spacial score (nSPS) is 9.71. The van der Waals surface area contributed by atoms with Crippen molar-refractivity contribution in [2.45, 2.75) is 0 Å². The number of hydrogen-bond donors (Lipinski definition) is 2. The first-order valence-electron chi connectivity index (χ1n) is 5.98. The van der Waals surface area contributed by atoms with Gasteiger partial charge in [0.2, 0.25) is 0 Å². The third-order valence-electron chi connectivity index (χ3n) is 2.60. The number of thiophene rings is 1. The van der Waals surface area contributed by atoms with E-state index in [0.717, 1.165) is 3.79 Å². The van der Waals surface area contributed by atoms with Gasteiger partial charge >= 0.3 is 0 Å². The van der Waals surface area contributed by atoms with Crippen molar-refractivity contribution < 1.29 is 9.59 Å². The van der Waals surface area contributed by atoms with Gasteiger partial charge in [-0.05, 0) is 34.1 Å². The molecule has 0 fully saturated rings. The predicted octanol–water partition coefficient (Wildman–Crippen LogP) is 3.13. The second-order valence-corrected chi connectivity index (χ2v) is 6.32. The largest absolute Gasteiger partial charge is 0.341 e. The van der Waals surface area contributed by atoms with Gasteiger partial charge in [-0.25, -0.2) is 0 Å². The quantitative estimate of drug-likeness (QED) is 0.820. The molecule has 2 rings (SSSR count). The molecule has 0 spiro atoms. The lowest BCUT2D eigenvalue weighted by molar-refractivity contribution is 0.0959. The summed E-state index contributed by atoms with van der Waals surface area (Å²) in [6.07, 6.45) is 5.11. The monoisotopic (exact) mass is 362 g/mol. The van der Waals surface area contributed by atoms with Crippen LogP contribution in [0.5, 0.6) is 0 Å². The zero-order chi connectivity index (χ0) is 15.2. The van der Waals surface area contributed by atoms with Gasteiger partial charge in [-0.15, -0.1) is 17.8 Å². The molecule has 1 heterocycles. The first-order chi connectivity index (χ1) is 10.1. The molecule has 6 heteroatoms. The highest BCUT2D eigenvalue weighted by Gasteiger charge is 2.14. The van der Waals surface area contributed by atoms with Crippen molar-refractivity contribution in [1.29, 1.82) is 0 Å². The van der Waals surface area contributed by atoms with Gasteiger partial charge in [-0.2, -0.15) is 0 Å². The van der Waals surface area contributed by atoms with Crippen LogP contribution in [-0.2, 0) is 0 Å². The van der Waals surface area contributed by atoms with Gasteiger partial charge in [0.1, 0.15) is 0 Å². The number of amides is 2. The highest BCUT2D eigenvalue weighted by Crippen LogP contribution is 2.22. The molecule has 0 radical (unpaired) electrons. The molecule has 1 aromatic heterocycles. The molecule has 0 aliphatic rings. The minimum absolute atomic E-state index is 0.137. The molecular formula is C15H11BrN2O2S. The maximum atomic E-state index is 12.1. The number of terminal acetylenes is 1. The van der Waals surface area contributed by atoms with E-state index in [1.165, 1.54) is 11.3 Å². The number of carbonyl (C=O) groups is 2. The van der Waals surface area contributed by atoms with Crippen LogP contribution in [-0.4, -0.2) is 18.4 Å². The minimum atomic E-state index is -0.324. The Morgan fingerprint density at radius 3 is 2.71 bits per heavy atom. The van der Waals surface area contributed by atoms with Crippen LogP contribution in [0.2, 0.25) is 0 Å². The summed E-state index contributed by atoms with van der Waals surface area (Å²) in [7, 11) is 0. The number of hydrogen-bond acceptors (Lipinski definition) is 3. The standard InChI is InChI=1S/C15H11BrN2O2S/c1-2-7-17-15(20)11-5-3-4-6-12(11)18-14(19)10-8-13(16)21-9-10/h1,3-6,8-9H,7H2,(H,17,20)(H,18,19).